The number of ether oxygens (including phenoxy) is 2. The number of hydrogen-bond acceptors (Lipinski definition) is 3. The molecule has 5 nitrogen and oxygen atoms in total. The maximum Gasteiger partial charge on any atom is 0.190 e. The van der Waals surface area contributed by atoms with Gasteiger partial charge in [-0.2, -0.15) is 0 Å². The smallest absolute Gasteiger partial charge is 0.190 e. The van der Waals surface area contributed by atoms with Gasteiger partial charge >= 0.3 is 0 Å². The number of nitrogens with one attached hydrogen (secondary N) is 2. The number of fused-ring (bicyclic) bond motifs is 1. The number of benzene rings is 1. The first-order valence-electron chi connectivity index (χ1n) is 6.42. The third-order valence-corrected chi connectivity index (χ3v) is 3.21. The van der Waals surface area contributed by atoms with Crippen LogP contribution in [0.3, 0.4) is 0 Å². The third kappa shape index (κ3) is 2.92. The van der Waals surface area contributed by atoms with Crippen molar-refractivity contribution in [3.8, 4) is 11.5 Å². The summed E-state index contributed by atoms with van der Waals surface area (Å²) >= 11 is 0. The summed E-state index contributed by atoms with van der Waals surface area (Å²) in [5, 5.41) is 6.20. The predicted molar refractivity (Wildman–Crippen MR) is 76.0 cm³/mol. The zero-order valence-electron chi connectivity index (χ0n) is 11.9. The van der Waals surface area contributed by atoms with E-state index in [4.69, 9.17) is 9.47 Å². The van der Waals surface area contributed by atoms with E-state index >= 15 is 0 Å². The molecule has 0 amide bonds. The molecule has 0 saturated heterocycles. The Morgan fingerprint density at radius 3 is 2.95 bits per heavy atom. The fourth-order valence-corrected chi connectivity index (χ4v) is 2.27. The average molecular weight is 263 g/mol. The monoisotopic (exact) mass is 263 g/mol. The van der Waals surface area contributed by atoms with Crippen LogP contribution in [0.15, 0.2) is 17.1 Å². The van der Waals surface area contributed by atoms with Crippen LogP contribution >= 0.6 is 0 Å². The van der Waals surface area contributed by atoms with Gasteiger partial charge in [0.15, 0.2) is 5.96 Å². The van der Waals surface area contributed by atoms with E-state index in [1.165, 1.54) is 5.56 Å². The van der Waals surface area contributed by atoms with Gasteiger partial charge < -0.3 is 20.1 Å². The van der Waals surface area contributed by atoms with Crippen molar-refractivity contribution >= 4 is 5.96 Å². The second-order valence-corrected chi connectivity index (χ2v) is 4.58. The molecular weight excluding hydrogens is 242 g/mol. The Morgan fingerprint density at radius 1 is 1.53 bits per heavy atom. The number of hydrogen-bond donors (Lipinski definition) is 2. The number of aliphatic imine (C=N–C) groups is 1. The van der Waals surface area contributed by atoms with Crippen molar-refractivity contribution in [1.29, 1.82) is 0 Å². The minimum Gasteiger partial charge on any atom is -0.496 e. The molecular formula is C14H21N3O2. The van der Waals surface area contributed by atoms with Gasteiger partial charge in [-0.1, -0.05) is 0 Å². The van der Waals surface area contributed by atoms with Crippen LogP contribution in [-0.2, 0) is 13.0 Å². The summed E-state index contributed by atoms with van der Waals surface area (Å²) in [7, 11) is 5.26. The Morgan fingerprint density at radius 2 is 2.32 bits per heavy atom. The molecule has 1 atom stereocenters. The van der Waals surface area contributed by atoms with Crippen LogP contribution < -0.4 is 20.1 Å². The van der Waals surface area contributed by atoms with E-state index in [2.05, 4.69) is 28.6 Å². The minimum atomic E-state index is 0.244. The fourth-order valence-electron chi connectivity index (χ4n) is 2.27. The Bertz CT molecular complexity index is 486. The van der Waals surface area contributed by atoms with Crippen LogP contribution in [0.2, 0.25) is 0 Å². The van der Waals surface area contributed by atoms with E-state index < -0.39 is 0 Å². The lowest BCUT2D eigenvalue weighted by Crippen LogP contribution is -2.34. The molecule has 104 valence electrons. The van der Waals surface area contributed by atoms with Crippen molar-refractivity contribution in [1.82, 2.24) is 10.6 Å². The van der Waals surface area contributed by atoms with Crippen molar-refractivity contribution in [3.05, 3.63) is 23.3 Å². The van der Waals surface area contributed by atoms with Crippen LogP contribution in [0.5, 0.6) is 11.5 Å². The largest absolute Gasteiger partial charge is 0.496 e. The second-order valence-electron chi connectivity index (χ2n) is 4.58. The van der Waals surface area contributed by atoms with Gasteiger partial charge in [-0.05, 0) is 19.1 Å². The first-order valence-corrected chi connectivity index (χ1v) is 6.42. The van der Waals surface area contributed by atoms with Gasteiger partial charge in [-0.15, -0.1) is 0 Å². The zero-order chi connectivity index (χ0) is 13.8. The molecule has 1 aromatic rings. The second kappa shape index (κ2) is 5.82. The molecule has 2 rings (SSSR count). The average Bonchev–Trinajstić information content (AvgIpc) is 2.77. The highest BCUT2D eigenvalue weighted by molar-refractivity contribution is 5.79. The highest BCUT2D eigenvalue weighted by Crippen LogP contribution is 2.34. The van der Waals surface area contributed by atoms with Gasteiger partial charge in [0.25, 0.3) is 0 Å². The Balaban J connectivity index is 2.18. The van der Waals surface area contributed by atoms with Crippen LogP contribution in [0.1, 0.15) is 18.1 Å². The lowest BCUT2D eigenvalue weighted by Gasteiger charge is -2.13. The molecule has 5 heteroatoms. The van der Waals surface area contributed by atoms with Crippen molar-refractivity contribution in [2.45, 2.75) is 26.0 Å². The van der Waals surface area contributed by atoms with Crippen molar-refractivity contribution in [2.24, 2.45) is 4.99 Å². The molecule has 1 unspecified atom stereocenters. The van der Waals surface area contributed by atoms with E-state index in [1.54, 1.807) is 14.2 Å². The van der Waals surface area contributed by atoms with Crippen molar-refractivity contribution in [3.63, 3.8) is 0 Å². The van der Waals surface area contributed by atoms with Gasteiger partial charge in [0.1, 0.15) is 17.6 Å². The summed E-state index contributed by atoms with van der Waals surface area (Å²) < 4.78 is 11.2. The SMILES string of the molecule is CN=C(NC)NCc1cc2c(cc1OC)CC(C)O2. The normalized spacial score (nSPS) is 17.7. The summed E-state index contributed by atoms with van der Waals surface area (Å²) in [6.45, 7) is 2.72. The first-order chi connectivity index (χ1) is 9.17. The standard InChI is InChI=1S/C14H21N3O2/c1-9-5-10-6-12(18-4)11(7-13(10)19-9)8-17-14(15-2)16-3/h6-7,9H,5,8H2,1-4H3,(H2,15,16,17). The van der Waals surface area contributed by atoms with E-state index in [0.29, 0.717) is 6.54 Å². The lowest BCUT2D eigenvalue weighted by molar-refractivity contribution is 0.254. The molecule has 19 heavy (non-hydrogen) atoms. The summed E-state index contributed by atoms with van der Waals surface area (Å²) in [5.74, 6) is 2.59. The maximum absolute atomic E-state index is 5.78. The van der Waals surface area contributed by atoms with Gasteiger partial charge in [-0.3, -0.25) is 4.99 Å². The highest BCUT2D eigenvalue weighted by Gasteiger charge is 2.21. The Hall–Kier alpha value is -1.91. The zero-order valence-corrected chi connectivity index (χ0v) is 11.9. The Kier molecular flexibility index (Phi) is 4.14. The van der Waals surface area contributed by atoms with E-state index in [-0.39, 0.29) is 6.10 Å². The van der Waals surface area contributed by atoms with E-state index in [1.807, 2.05) is 13.1 Å². The molecule has 0 bridgehead atoms. The van der Waals surface area contributed by atoms with Crippen LogP contribution in [-0.4, -0.2) is 33.3 Å². The van der Waals surface area contributed by atoms with Crippen molar-refractivity contribution < 1.29 is 9.47 Å². The molecule has 0 fully saturated rings. The molecule has 0 aliphatic carbocycles. The highest BCUT2D eigenvalue weighted by atomic mass is 16.5. The van der Waals surface area contributed by atoms with Crippen molar-refractivity contribution in [2.75, 3.05) is 21.2 Å². The molecule has 1 aliphatic rings. The van der Waals surface area contributed by atoms with E-state index in [0.717, 1.165) is 29.4 Å². The van der Waals surface area contributed by atoms with Crippen LogP contribution in [0.4, 0.5) is 0 Å². The van der Waals surface area contributed by atoms with E-state index in [9.17, 15) is 0 Å². The first kappa shape index (κ1) is 13.5. The molecule has 2 N–H and O–H groups in total. The molecule has 0 saturated carbocycles. The summed E-state index contributed by atoms with van der Waals surface area (Å²) in [5.41, 5.74) is 2.28. The Labute approximate surface area is 114 Å². The van der Waals surface area contributed by atoms with Gasteiger partial charge in [0, 0.05) is 38.2 Å². The number of methoxy groups -OCH3 is 1. The third-order valence-electron chi connectivity index (χ3n) is 3.21. The summed E-state index contributed by atoms with van der Waals surface area (Å²) in [4.78, 5) is 4.08. The predicted octanol–water partition coefficient (Wildman–Crippen LogP) is 1.31. The topological polar surface area (TPSA) is 54.9 Å². The molecule has 0 radical (unpaired) electrons. The van der Waals surface area contributed by atoms with Gasteiger partial charge in [-0.25, -0.2) is 0 Å². The molecule has 1 aliphatic heterocycles. The van der Waals surface area contributed by atoms with Gasteiger partial charge in [0.2, 0.25) is 0 Å². The number of guanidine groups is 1. The van der Waals surface area contributed by atoms with Crippen LogP contribution in [0, 0.1) is 0 Å². The minimum absolute atomic E-state index is 0.244. The maximum atomic E-state index is 5.78. The molecule has 0 spiro atoms. The molecule has 1 aromatic carbocycles. The summed E-state index contributed by atoms with van der Waals surface area (Å²) in [6.07, 6.45) is 1.19. The van der Waals surface area contributed by atoms with Crippen LogP contribution in [0.25, 0.3) is 0 Å². The number of rotatable bonds is 3. The van der Waals surface area contributed by atoms with Gasteiger partial charge in [0.05, 0.1) is 7.11 Å². The lowest BCUT2D eigenvalue weighted by atomic mass is 10.1. The quantitative estimate of drug-likeness (QED) is 0.638. The number of nitrogens with zero attached hydrogens (tertiary/aromatic N) is 1. The fraction of sp³-hybridized carbons (Fsp3) is 0.500. The summed E-state index contributed by atoms with van der Waals surface area (Å²) in [6, 6.07) is 4.12. The molecule has 1 heterocycles. The molecule has 0 aromatic heterocycles.